The highest BCUT2D eigenvalue weighted by Gasteiger charge is 2.20. The number of benzene rings is 2. The Bertz CT molecular complexity index is 1170. The first-order chi connectivity index (χ1) is 14.5. The van der Waals surface area contributed by atoms with Gasteiger partial charge in [0, 0.05) is 18.4 Å². The van der Waals surface area contributed by atoms with Crippen LogP contribution >= 0.6 is 0 Å². The average Bonchev–Trinajstić information content (AvgIpc) is 3.30. The number of carbonyl (C=O) groups is 1. The maximum absolute atomic E-state index is 13.3. The molecular formula is C25H25FN2O2. The predicted octanol–water partition coefficient (Wildman–Crippen LogP) is 5.92. The summed E-state index contributed by atoms with van der Waals surface area (Å²) < 4.78 is 22.6. The standard InChI is InChI=1S/C25H25FN2O2/c1-4-30-25(29)24-15-23-22(13-14-27(23)21-11-9-20(26)10-12-21)28(24)16-18-5-7-19(8-6-18)17(2)3/h5-15,17H,4,16H2,1-3H3. The summed E-state index contributed by atoms with van der Waals surface area (Å²) >= 11 is 0. The lowest BCUT2D eigenvalue weighted by atomic mass is 10.0. The molecule has 0 saturated heterocycles. The number of halogens is 1. The van der Waals surface area contributed by atoms with Gasteiger partial charge in [0.1, 0.15) is 11.5 Å². The highest BCUT2D eigenvalue weighted by atomic mass is 19.1. The summed E-state index contributed by atoms with van der Waals surface area (Å²) in [5.74, 6) is -0.160. The molecular weight excluding hydrogens is 379 g/mol. The van der Waals surface area contributed by atoms with Crippen molar-refractivity contribution in [3.63, 3.8) is 0 Å². The molecule has 0 aliphatic heterocycles. The zero-order chi connectivity index (χ0) is 21.3. The van der Waals surface area contributed by atoms with Crippen LogP contribution in [0.15, 0.2) is 66.9 Å². The van der Waals surface area contributed by atoms with Crippen molar-refractivity contribution >= 4 is 17.0 Å². The molecule has 0 unspecified atom stereocenters. The molecule has 0 N–H and O–H groups in total. The maximum atomic E-state index is 13.3. The van der Waals surface area contributed by atoms with E-state index in [9.17, 15) is 9.18 Å². The molecule has 0 aliphatic rings. The number of aromatic nitrogens is 2. The van der Waals surface area contributed by atoms with Gasteiger partial charge in [0.25, 0.3) is 0 Å². The Morgan fingerprint density at radius 2 is 1.70 bits per heavy atom. The van der Waals surface area contributed by atoms with E-state index < -0.39 is 0 Å². The number of hydrogen-bond donors (Lipinski definition) is 0. The molecule has 30 heavy (non-hydrogen) atoms. The molecule has 0 atom stereocenters. The van der Waals surface area contributed by atoms with Crippen LogP contribution in [0.3, 0.4) is 0 Å². The molecule has 2 aromatic heterocycles. The quantitative estimate of drug-likeness (QED) is 0.374. The second-order valence-electron chi connectivity index (χ2n) is 7.67. The molecule has 0 saturated carbocycles. The minimum Gasteiger partial charge on any atom is -0.461 e. The molecule has 2 aromatic carbocycles. The van der Waals surface area contributed by atoms with Crippen molar-refractivity contribution in [2.24, 2.45) is 0 Å². The average molecular weight is 404 g/mol. The third kappa shape index (κ3) is 3.75. The summed E-state index contributed by atoms with van der Waals surface area (Å²) in [6, 6.07) is 18.6. The number of fused-ring (bicyclic) bond motifs is 1. The Morgan fingerprint density at radius 1 is 1.00 bits per heavy atom. The van der Waals surface area contributed by atoms with Gasteiger partial charge >= 0.3 is 5.97 Å². The Kier molecular flexibility index (Phi) is 5.44. The molecule has 0 spiro atoms. The SMILES string of the molecule is CCOC(=O)c1cc2c(ccn2-c2ccc(F)cc2)n1Cc1ccc(C(C)C)cc1. The van der Waals surface area contributed by atoms with Crippen LogP contribution in [0.4, 0.5) is 4.39 Å². The van der Waals surface area contributed by atoms with Crippen molar-refractivity contribution in [1.82, 2.24) is 9.13 Å². The molecule has 4 aromatic rings. The fraction of sp³-hybridized carbons (Fsp3) is 0.240. The lowest BCUT2D eigenvalue weighted by molar-refractivity contribution is 0.0515. The highest BCUT2D eigenvalue weighted by Crippen LogP contribution is 2.27. The fourth-order valence-corrected chi connectivity index (χ4v) is 3.71. The number of hydrogen-bond acceptors (Lipinski definition) is 2. The van der Waals surface area contributed by atoms with E-state index >= 15 is 0 Å². The third-order valence-corrected chi connectivity index (χ3v) is 5.33. The van der Waals surface area contributed by atoms with Gasteiger partial charge in [-0.1, -0.05) is 38.1 Å². The van der Waals surface area contributed by atoms with E-state index in [0.717, 1.165) is 22.3 Å². The fourth-order valence-electron chi connectivity index (χ4n) is 3.71. The lowest BCUT2D eigenvalue weighted by Gasteiger charge is -2.11. The minimum atomic E-state index is -0.349. The highest BCUT2D eigenvalue weighted by molar-refractivity contribution is 5.95. The summed E-state index contributed by atoms with van der Waals surface area (Å²) in [6.45, 7) is 7.01. The van der Waals surface area contributed by atoms with Crippen molar-refractivity contribution in [3.05, 3.63) is 89.5 Å². The zero-order valence-corrected chi connectivity index (χ0v) is 17.4. The largest absolute Gasteiger partial charge is 0.461 e. The normalized spacial score (nSPS) is 11.4. The molecule has 0 amide bonds. The van der Waals surface area contributed by atoms with Gasteiger partial charge < -0.3 is 13.9 Å². The van der Waals surface area contributed by atoms with Gasteiger partial charge in [0.2, 0.25) is 0 Å². The summed E-state index contributed by atoms with van der Waals surface area (Å²) in [7, 11) is 0. The Balaban J connectivity index is 1.79. The molecule has 4 nitrogen and oxygen atoms in total. The van der Waals surface area contributed by atoms with Crippen molar-refractivity contribution in [3.8, 4) is 5.69 Å². The smallest absolute Gasteiger partial charge is 0.355 e. The van der Waals surface area contributed by atoms with Crippen LogP contribution in [-0.4, -0.2) is 21.7 Å². The van der Waals surface area contributed by atoms with E-state index in [1.807, 2.05) is 27.5 Å². The first-order valence-corrected chi connectivity index (χ1v) is 10.2. The molecule has 0 fully saturated rings. The second kappa shape index (κ2) is 8.19. The van der Waals surface area contributed by atoms with Crippen LogP contribution in [0.5, 0.6) is 0 Å². The van der Waals surface area contributed by atoms with Gasteiger partial charge in [-0.05, 0) is 60.4 Å². The van der Waals surface area contributed by atoms with E-state index in [-0.39, 0.29) is 11.8 Å². The summed E-state index contributed by atoms with van der Waals surface area (Å²) in [6.07, 6.45) is 1.94. The van der Waals surface area contributed by atoms with Crippen LogP contribution < -0.4 is 0 Å². The number of nitrogens with zero attached hydrogens (tertiary/aromatic N) is 2. The summed E-state index contributed by atoms with van der Waals surface area (Å²) in [5.41, 5.74) is 5.53. The van der Waals surface area contributed by atoms with Crippen molar-refractivity contribution in [2.75, 3.05) is 6.61 Å². The monoisotopic (exact) mass is 404 g/mol. The lowest BCUT2D eigenvalue weighted by Crippen LogP contribution is -2.12. The number of esters is 1. The third-order valence-electron chi connectivity index (χ3n) is 5.33. The van der Waals surface area contributed by atoms with Crippen molar-refractivity contribution in [1.29, 1.82) is 0 Å². The van der Waals surface area contributed by atoms with Crippen LogP contribution in [-0.2, 0) is 11.3 Å². The number of rotatable bonds is 6. The van der Waals surface area contributed by atoms with E-state index in [4.69, 9.17) is 4.74 Å². The van der Waals surface area contributed by atoms with Crippen LogP contribution in [0.2, 0.25) is 0 Å². The van der Waals surface area contributed by atoms with Crippen LogP contribution in [0.1, 0.15) is 48.3 Å². The molecule has 154 valence electrons. The van der Waals surface area contributed by atoms with Crippen molar-refractivity contribution in [2.45, 2.75) is 33.2 Å². The zero-order valence-electron chi connectivity index (χ0n) is 17.4. The van der Waals surface area contributed by atoms with Gasteiger partial charge in [-0.25, -0.2) is 9.18 Å². The Labute approximate surface area is 175 Å². The minimum absolute atomic E-state index is 0.281. The van der Waals surface area contributed by atoms with Gasteiger partial charge in [-0.2, -0.15) is 0 Å². The van der Waals surface area contributed by atoms with Gasteiger partial charge in [-0.3, -0.25) is 0 Å². The molecule has 2 heterocycles. The maximum Gasteiger partial charge on any atom is 0.355 e. The predicted molar refractivity (Wildman–Crippen MR) is 117 cm³/mol. The summed E-state index contributed by atoms with van der Waals surface area (Å²) in [5, 5.41) is 0. The molecule has 4 rings (SSSR count). The first kappa shape index (κ1) is 20.0. The molecule has 5 heteroatoms. The Morgan fingerprint density at radius 3 is 2.33 bits per heavy atom. The van der Waals surface area contributed by atoms with E-state index in [0.29, 0.717) is 24.8 Å². The summed E-state index contributed by atoms with van der Waals surface area (Å²) in [4.78, 5) is 12.7. The van der Waals surface area contributed by atoms with Crippen molar-refractivity contribution < 1.29 is 13.9 Å². The second-order valence-corrected chi connectivity index (χ2v) is 7.67. The molecule has 0 aliphatic carbocycles. The first-order valence-electron chi connectivity index (χ1n) is 10.2. The van der Waals surface area contributed by atoms with E-state index in [2.05, 4.69) is 38.1 Å². The van der Waals surface area contributed by atoms with E-state index in [1.165, 1.54) is 17.7 Å². The molecule has 0 bridgehead atoms. The van der Waals surface area contributed by atoms with Gasteiger partial charge in [-0.15, -0.1) is 0 Å². The molecule has 0 radical (unpaired) electrons. The topological polar surface area (TPSA) is 36.2 Å². The van der Waals surface area contributed by atoms with E-state index in [1.54, 1.807) is 19.1 Å². The Hall–Kier alpha value is -3.34. The van der Waals surface area contributed by atoms with Crippen LogP contribution in [0.25, 0.3) is 16.7 Å². The number of carbonyl (C=O) groups excluding carboxylic acids is 1. The van der Waals surface area contributed by atoms with Gasteiger partial charge in [0.15, 0.2) is 0 Å². The van der Waals surface area contributed by atoms with Gasteiger partial charge in [0.05, 0.1) is 17.6 Å². The van der Waals surface area contributed by atoms with Crippen LogP contribution in [0, 0.1) is 5.82 Å². The number of ether oxygens (including phenoxy) is 1.